The van der Waals surface area contributed by atoms with E-state index in [1.54, 1.807) is 0 Å². The maximum atomic E-state index is 3.53. The monoisotopic (exact) mass is 153 g/mol. The molecule has 0 saturated heterocycles. The fourth-order valence-corrected chi connectivity index (χ4v) is 1.37. The quantitative estimate of drug-likeness (QED) is 0.614. The molecule has 0 heterocycles. The number of hydrogen-bond donors (Lipinski definition) is 1. The Hall–Kier alpha value is -0.300. The van der Waals surface area contributed by atoms with Gasteiger partial charge in [-0.15, -0.1) is 0 Å². The van der Waals surface area contributed by atoms with Crippen LogP contribution in [0.1, 0.15) is 33.1 Å². The number of nitrogens with one attached hydrogen (secondary N) is 1. The average molecular weight is 153 g/mol. The minimum absolute atomic E-state index is 0.658. The van der Waals surface area contributed by atoms with Crippen LogP contribution in [0.5, 0.6) is 0 Å². The normalized spacial score (nSPS) is 24.5. The zero-order chi connectivity index (χ0) is 8.10. The van der Waals surface area contributed by atoms with E-state index in [-0.39, 0.29) is 0 Å². The third kappa shape index (κ3) is 3.57. The summed E-state index contributed by atoms with van der Waals surface area (Å²) in [7, 11) is 0. The summed E-state index contributed by atoms with van der Waals surface area (Å²) in [6, 6.07) is 0.658. The molecule has 11 heavy (non-hydrogen) atoms. The predicted octanol–water partition coefficient (Wildman–Crippen LogP) is 2.34. The van der Waals surface area contributed by atoms with Crippen LogP contribution in [0.4, 0.5) is 0 Å². The summed E-state index contributed by atoms with van der Waals surface area (Å²) >= 11 is 0. The zero-order valence-corrected chi connectivity index (χ0v) is 7.64. The van der Waals surface area contributed by atoms with Gasteiger partial charge in [-0.1, -0.05) is 26.0 Å². The van der Waals surface area contributed by atoms with Crippen molar-refractivity contribution in [3.05, 3.63) is 12.2 Å². The summed E-state index contributed by atoms with van der Waals surface area (Å²) in [5, 5.41) is 3.53. The molecule has 0 radical (unpaired) electrons. The molecule has 0 amide bonds. The second-order valence-electron chi connectivity index (χ2n) is 3.77. The molecule has 1 N–H and O–H groups in total. The van der Waals surface area contributed by atoms with Crippen LogP contribution in [0.3, 0.4) is 0 Å². The van der Waals surface area contributed by atoms with Crippen molar-refractivity contribution in [2.75, 3.05) is 6.54 Å². The summed E-state index contributed by atoms with van der Waals surface area (Å²) in [5.74, 6) is 0.769. The zero-order valence-electron chi connectivity index (χ0n) is 7.64. The lowest BCUT2D eigenvalue weighted by molar-refractivity contribution is 0.473. The molecule has 1 heteroatoms. The highest BCUT2D eigenvalue weighted by Crippen LogP contribution is 2.10. The Labute approximate surface area is 69.9 Å². The Morgan fingerprint density at radius 1 is 1.55 bits per heavy atom. The van der Waals surface area contributed by atoms with Crippen molar-refractivity contribution >= 4 is 0 Å². The molecular formula is C10H19N. The van der Waals surface area contributed by atoms with E-state index >= 15 is 0 Å². The van der Waals surface area contributed by atoms with Gasteiger partial charge in [-0.3, -0.25) is 0 Å². The average Bonchev–Trinajstić information content (AvgIpc) is 2.03. The van der Waals surface area contributed by atoms with Gasteiger partial charge in [0, 0.05) is 6.04 Å². The first kappa shape index (κ1) is 8.79. The first-order valence-corrected chi connectivity index (χ1v) is 4.69. The van der Waals surface area contributed by atoms with E-state index < -0.39 is 0 Å². The lowest BCUT2D eigenvalue weighted by atomic mass is 10.0. The van der Waals surface area contributed by atoms with Crippen LogP contribution in [0.25, 0.3) is 0 Å². The topological polar surface area (TPSA) is 12.0 Å². The third-order valence-electron chi connectivity index (χ3n) is 2.04. The number of allylic oxidation sites excluding steroid dienone is 1. The highest BCUT2D eigenvalue weighted by Gasteiger charge is 2.06. The van der Waals surface area contributed by atoms with Crippen molar-refractivity contribution in [3.63, 3.8) is 0 Å². The van der Waals surface area contributed by atoms with E-state index in [1.807, 2.05) is 0 Å². The number of hydrogen-bond acceptors (Lipinski definition) is 1. The largest absolute Gasteiger partial charge is 0.310 e. The fraction of sp³-hybridized carbons (Fsp3) is 0.800. The van der Waals surface area contributed by atoms with Gasteiger partial charge in [-0.25, -0.2) is 0 Å². The summed E-state index contributed by atoms with van der Waals surface area (Å²) in [4.78, 5) is 0. The molecule has 0 fully saturated rings. The molecule has 0 aromatic rings. The number of rotatable bonds is 3. The van der Waals surface area contributed by atoms with Crippen molar-refractivity contribution in [2.45, 2.75) is 39.2 Å². The Balaban J connectivity index is 2.15. The van der Waals surface area contributed by atoms with Crippen molar-refractivity contribution < 1.29 is 0 Å². The van der Waals surface area contributed by atoms with Crippen LogP contribution in [0.2, 0.25) is 0 Å². The van der Waals surface area contributed by atoms with Crippen molar-refractivity contribution in [3.8, 4) is 0 Å². The van der Waals surface area contributed by atoms with Crippen molar-refractivity contribution in [1.82, 2.24) is 5.32 Å². The predicted molar refractivity (Wildman–Crippen MR) is 49.6 cm³/mol. The van der Waals surface area contributed by atoms with Crippen LogP contribution < -0.4 is 5.32 Å². The summed E-state index contributed by atoms with van der Waals surface area (Å²) < 4.78 is 0. The standard InChI is InChI=1S/C10H19N/c1-9(2)8-11-10-6-4-3-5-7-10/h4,6,9-11H,3,5,7-8H2,1-2H3. The molecule has 0 saturated carbocycles. The molecule has 1 aliphatic carbocycles. The van der Waals surface area contributed by atoms with Gasteiger partial charge in [-0.05, 0) is 31.7 Å². The van der Waals surface area contributed by atoms with E-state index in [1.165, 1.54) is 19.3 Å². The van der Waals surface area contributed by atoms with Gasteiger partial charge in [0.25, 0.3) is 0 Å². The maximum Gasteiger partial charge on any atom is 0.0250 e. The van der Waals surface area contributed by atoms with Crippen LogP contribution in [0, 0.1) is 5.92 Å². The molecule has 0 spiro atoms. The molecule has 1 aliphatic rings. The van der Waals surface area contributed by atoms with Crippen LogP contribution in [-0.4, -0.2) is 12.6 Å². The van der Waals surface area contributed by atoms with E-state index in [4.69, 9.17) is 0 Å². The maximum absolute atomic E-state index is 3.53. The van der Waals surface area contributed by atoms with E-state index in [0.717, 1.165) is 12.5 Å². The van der Waals surface area contributed by atoms with E-state index in [2.05, 4.69) is 31.3 Å². The second kappa shape index (κ2) is 4.55. The summed E-state index contributed by atoms with van der Waals surface area (Å²) in [5.41, 5.74) is 0. The summed E-state index contributed by atoms with van der Waals surface area (Å²) in [6.07, 6.45) is 8.56. The lowest BCUT2D eigenvalue weighted by Crippen LogP contribution is -2.31. The minimum atomic E-state index is 0.658. The van der Waals surface area contributed by atoms with Gasteiger partial charge in [0.2, 0.25) is 0 Å². The van der Waals surface area contributed by atoms with Crippen LogP contribution in [0.15, 0.2) is 12.2 Å². The first-order valence-electron chi connectivity index (χ1n) is 4.69. The molecule has 0 aliphatic heterocycles. The van der Waals surface area contributed by atoms with Crippen molar-refractivity contribution in [1.29, 1.82) is 0 Å². The van der Waals surface area contributed by atoms with Gasteiger partial charge < -0.3 is 5.32 Å². The lowest BCUT2D eigenvalue weighted by Gasteiger charge is -2.18. The molecule has 0 aromatic heterocycles. The minimum Gasteiger partial charge on any atom is -0.310 e. The molecule has 1 nitrogen and oxygen atoms in total. The third-order valence-corrected chi connectivity index (χ3v) is 2.04. The van der Waals surface area contributed by atoms with Gasteiger partial charge in [0.15, 0.2) is 0 Å². The van der Waals surface area contributed by atoms with Gasteiger partial charge in [-0.2, -0.15) is 0 Å². The molecule has 1 atom stereocenters. The Bertz CT molecular complexity index is 127. The Kier molecular flexibility index (Phi) is 3.64. The Morgan fingerprint density at radius 3 is 2.91 bits per heavy atom. The first-order chi connectivity index (χ1) is 5.29. The molecule has 1 rings (SSSR count). The van der Waals surface area contributed by atoms with Gasteiger partial charge >= 0.3 is 0 Å². The van der Waals surface area contributed by atoms with Crippen LogP contribution in [-0.2, 0) is 0 Å². The van der Waals surface area contributed by atoms with Gasteiger partial charge in [0.05, 0.1) is 0 Å². The van der Waals surface area contributed by atoms with Crippen molar-refractivity contribution in [2.24, 2.45) is 5.92 Å². The molecule has 1 unspecified atom stereocenters. The smallest absolute Gasteiger partial charge is 0.0250 e. The highest BCUT2D eigenvalue weighted by molar-refractivity contribution is 4.97. The SMILES string of the molecule is CC(C)CNC1C=CCCC1. The van der Waals surface area contributed by atoms with Gasteiger partial charge in [0.1, 0.15) is 0 Å². The molecular weight excluding hydrogens is 134 g/mol. The molecule has 0 bridgehead atoms. The molecule has 64 valence electrons. The Morgan fingerprint density at radius 2 is 2.36 bits per heavy atom. The van der Waals surface area contributed by atoms with E-state index in [9.17, 15) is 0 Å². The molecule has 0 aromatic carbocycles. The van der Waals surface area contributed by atoms with E-state index in [0.29, 0.717) is 6.04 Å². The summed E-state index contributed by atoms with van der Waals surface area (Å²) in [6.45, 7) is 5.65. The van der Waals surface area contributed by atoms with Crippen LogP contribution >= 0.6 is 0 Å². The highest BCUT2D eigenvalue weighted by atomic mass is 14.9. The second-order valence-corrected chi connectivity index (χ2v) is 3.77. The fourth-order valence-electron chi connectivity index (χ4n) is 1.37.